The molecule has 200 valence electrons. The molecule has 4 aromatic heterocycles. The fourth-order valence-corrected chi connectivity index (χ4v) is 5.12. The van der Waals surface area contributed by atoms with Gasteiger partial charge in [0, 0.05) is 42.5 Å². The number of likely N-dealkylation sites (tertiary alicyclic amines) is 1. The average molecular weight is 554 g/mol. The van der Waals surface area contributed by atoms with E-state index in [2.05, 4.69) is 25.3 Å². The Balaban J connectivity index is 1.34. The van der Waals surface area contributed by atoms with Gasteiger partial charge in [-0.1, -0.05) is 12.1 Å². The van der Waals surface area contributed by atoms with Crippen molar-refractivity contribution in [1.29, 1.82) is 0 Å². The van der Waals surface area contributed by atoms with Gasteiger partial charge in [-0.2, -0.15) is 0 Å². The molecule has 1 aliphatic rings. The Hall–Kier alpha value is -4.90. The Morgan fingerprint density at radius 3 is 2.60 bits per heavy atom. The van der Waals surface area contributed by atoms with E-state index in [-0.39, 0.29) is 28.8 Å². The molecule has 5 aromatic rings. The summed E-state index contributed by atoms with van der Waals surface area (Å²) in [5.41, 5.74) is 10.0. The summed E-state index contributed by atoms with van der Waals surface area (Å²) in [6, 6.07) is 12.0. The molecule has 0 aliphatic carbocycles. The zero-order valence-electron chi connectivity index (χ0n) is 21.5. The number of pyridine rings is 1. The third kappa shape index (κ3) is 4.71. The summed E-state index contributed by atoms with van der Waals surface area (Å²) in [6.45, 7) is 2.48. The molecule has 3 N–H and O–H groups in total. The van der Waals surface area contributed by atoms with Crippen LogP contribution in [-0.4, -0.2) is 52.6 Å². The van der Waals surface area contributed by atoms with Crippen LogP contribution < -0.4 is 11.1 Å². The maximum atomic E-state index is 13.4. The third-order valence-corrected chi connectivity index (χ3v) is 7.03. The van der Waals surface area contributed by atoms with Gasteiger partial charge >= 0.3 is 0 Å². The molecule has 1 fully saturated rings. The van der Waals surface area contributed by atoms with E-state index in [1.807, 2.05) is 29.5 Å². The zero-order chi connectivity index (χ0) is 27.8. The Bertz CT molecular complexity index is 1750. The van der Waals surface area contributed by atoms with Crippen molar-refractivity contribution in [3.05, 3.63) is 95.2 Å². The number of nitrogens with zero attached hydrogens (tertiary/aromatic N) is 7. The van der Waals surface area contributed by atoms with Gasteiger partial charge in [-0.15, -0.1) is 0 Å². The number of hydrogen-bond acceptors (Lipinski definition) is 8. The van der Waals surface area contributed by atoms with Gasteiger partial charge in [0.2, 0.25) is 5.28 Å². The van der Waals surface area contributed by atoms with Crippen molar-refractivity contribution in [1.82, 2.24) is 34.2 Å². The Labute approximate surface area is 234 Å². The third-order valence-electron chi connectivity index (χ3n) is 6.84. The maximum Gasteiger partial charge on any atom is 0.273 e. The molecule has 0 spiro atoms. The van der Waals surface area contributed by atoms with Gasteiger partial charge in [0.15, 0.2) is 0 Å². The van der Waals surface area contributed by atoms with Crippen molar-refractivity contribution in [2.24, 2.45) is 0 Å². The van der Waals surface area contributed by atoms with Gasteiger partial charge in [0.25, 0.3) is 11.8 Å². The smallest absolute Gasteiger partial charge is 0.273 e. The highest BCUT2D eigenvalue weighted by molar-refractivity contribution is 6.28. The average Bonchev–Trinajstić information content (AvgIpc) is 3.58. The van der Waals surface area contributed by atoms with Crippen LogP contribution in [0, 0.1) is 6.92 Å². The van der Waals surface area contributed by atoms with Crippen molar-refractivity contribution < 1.29 is 9.59 Å². The first-order chi connectivity index (χ1) is 19.4. The quantitative estimate of drug-likeness (QED) is 0.305. The lowest BCUT2D eigenvalue weighted by Crippen LogP contribution is -2.32. The number of hydrogen-bond donors (Lipinski definition) is 2. The number of carbonyl (C=O) groups excluding carboxylic acids is 2. The molecule has 6 rings (SSSR count). The normalized spacial score (nSPS) is 14.9. The first-order valence-electron chi connectivity index (χ1n) is 12.7. The van der Waals surface area contributed by atoms with E-state index in [9.17, 15) is 9.59 Å². The highest BCUT2D eigenvalue weighted by Crippen LogP contribution is 2.37. The predicted molar refractivity (Wildman–Crippen MR) is 150 cm³/mol. The van der Waals surface area contributed by atoms with E-state index in [1.54, 1.807) is 47.8 Å². The second-order valence-corrected chi connectivity index (χ2v) is 9.81. The van der Waals surface area contributed by atoms with Crippen LogP contribution in [0.3, 0.4) is 0 Å². The number of nitrogen functional groups attached to an aromatic ring is 1. The number of amides is 2. The molecule has 12 heteroatoms. The molecule has 1 aliphatic heterocycles. The van der Waals surface area contributed by atoms with Gasteiger partial charge in [-0.25, -0.2) is 24.9 Å². The minimum absolute atomic E-state index is 0.0151. The number of aromatic nitrogens is 6. The molecule has 1 aromatic carbocycles. The number of anilines is 2. The molecule has 1 atom stereocenters. The molecule has 5 heterocycles. The number of imidazole rings is 1. The number of benzene rings is 1. The lowest BCUT2D eigenvalue weighted by atomic mass is 10.1. The summed E-state index contributed by atoms with van der Waals surface area (Å²) in [4.78, 5) is 49.3. The van der Waals surface area contributed by atoms with Gasteiger partial charge in [-0.3, -0.25) is 14.0 Å². The van der Waals surface area contributed by atoms with Crippen LogP contribution >= 0.6 is 11.6 Å². The second-order valence-electron chi connectivity index (χ2n) is 9.47. The van der Waals surface area contributed by atoms with E-state index in [0.29, 0.717) is 40.8 Å². The van der Waals surface area contributed by atoms with E-state index < -0.39 is 0 Å². The molecule has 1 unspecified atom stereocenters. The van der Waals surface area contributed by atoms with Crippen molar-refractivity contribution in [3.8, 4) is 11.3 Å². The van der Waals surface area contributed by atoms with E-state index in [4.69, 9.17) is 22.3 Å². The Morgan fingerprint density at radius 2 is 1.82 bits per heavy atom. The number of halogens is 1. The van der Waals surface area contributed by atoms with Gasteiger partial charge in [0.1, 0.15) is 34.4 Å². The molecular formula is C28H24ClN9O2. The van der Waals surface area contributed by atoms with Crippen LogP contribution in [-0.2, 0) is 0 Å². The van der Waals surface area contributed by atoms with Crippen LogP contribution in [0.4, 0.5) is 11.6 Å². The number of aryl methyl sites for hydroxylation is 1. The number of fused-ring (bicyclic) bond motifs is 1. The lowest BCUT2D eigenvalue weighted by molar-refractivity contribution is 0.0723. The summed E-state index contributed by atoms with van der Waals surface area (Å²) >= 11 is 5.93. The molecule has 0 bridgehead atoms. The number of nitrogens with two attached hydrogens (primary N) is 1. The summed E-state index contributed by atoms with van der Waals surface area (Å²) in [5, 5.41) is 2.83. The van der Waals surface area contributed by atoms with Crippen molar-refractivity contribution >= 4 is 40.6 Å². The Morgan fingerprint density at radius 1 is 1.02 bits per heavy atom. The van der Waals surface area contributed by atoms with Gasteiger partial charge < -0.3 is 16.0 Å². The lowest BCUT2D eigenvalue weighted by Gasteiger charge is -2.23. The summed E-state index contributed by atoms with van der Waals surface area (Å²) in [7, 11) is 0. The molecule has 1 saturated heterocycles. The molecule has 11 nitrogen and oxygen atoms in total. The van der Waals surface area contributed by atoms with Crippen LogP contribution in [0.15, 0.2) is 67.3 Å². The molecular weight excluding hydrogens is 530 g/mol. The fourth-order valence-electron chi connectivity index (χ4n) is 4.98. The maximum absolute atomic E-state index is 13.4. The fraction of sp³-hybridized carbons (Fsp3) is 0.179. The minimum Gasteiger partial charge on any atom is -0.382 e. The highest BCUT2D eigenvalue weighted by atomic mass is 35.5. The molecule has 2 amide bonds. The van der Waals surface area contributed by atoms with Crippen LogP contribution in [0.2, 0.25) is 5.28 Å². The summed E-state index contributed by atoms with van der Waals surface area (Å²) < 4.78 is 1.88. The monoisotopic (exact) mass is 553 g/mol. The number of carbonyl (C=O) groups is 2. The standard InChI is InChI=1S/C28H24ClN9O2/c1-16-8-10-31-21(15-16)35-26(39)18-6-4-17(5-7-18)22-23-24(30)32-12-14-38(23)25(36-22)20-3-2-13-37(20)27(40)19-9-11-33-28(29)34-19/h4-12,14-15,20H,2-3,13H2,1H3,(H2,30,32)(H,31,35,39). The second kappa shape index (κ2) is 10.3. The van der Waals surface area contributed by atoms with Crippen molar-refractivity contribution in [2.75, 3.05) is 17.6 Å². The van der Waals surface area contributed by atoms with E-state index in [1.165, 1.54) is 6.20 Å². The highest BCUT2D eigenvalue weighted by Gasteiger charge is 2.35. The van der Waals surface area contributed by atoms with E-state index >= 15 is 0 Å². The number of rotatable bonds is 5. The summed E-state index contributed by atoms with van der Waals surface area (Å²) in [6.07, 6.45) is 8.03. The van der Waals surface area contributed by atoms with Crippen LogP contribution in [0.25, 0.3) is 16.8 Å². The topological polar surface area (TPSA) is 144 Å². The van der Waals surface area contributed by atoms with Crippen molar-refractivity contribution in [2.45, 2.75) is 25.8 Å². The minimum atomic E-state index is -0.309. The van der Waals surface area contributed by atoms with Crippen molar-refractivity contribution in [3.63, 3.8) is 0 Å². The SMILES string of the molecule is Cc1ccnc(NC(=O)c2ccc(-c3nc(C4CCCN4C(=O)c4ccnc(Cl)n4)n4ccnc(N)c34)cc2)c1. The molecule has 40 heavy (non-hydrogen) atoms. The summed E-state index contributed by atoms with van der Waals surface area (Å²) in [5.74, 6) is 0.939. The van der Waals surface area contributed by atoms with Gasteiger partial charge in [-0.05, 0) is 67.3 Å². The van der Waals surface area contributed by atoms with Crippen LogP contribution in [0.1, 0.15) is 51.1 Å². The largest absolute Gasteiger partial charge is 0.382 e. The van der Waals surface area contributed by atoms with E-state index in [0.717, 1.165) is 24.0 Å². The van der Waals surface area contributed by atoms with Gasteiger partial charge in [0.05, 0.1) is 6.04 Å². The molecule has 0 radical (unpaired) electrons. The first kappa shape index (κ1) is 25.4. The zero-order valence-corrected chi connectivity index (χ0v) is 22.2. The number of nitrogens with one attached hydrogen (secondary N) is 1. The molecule has 0 saturated carbocycles. The first-order valence-corrected chi connectivity index (χ1v) is 13.0. The predicted octanol–water partition coefficient (Wildman–Crippen LogP) is 4.35. The van der Waals surface area contributed by atoms with Crippen LogP contribution in [0.5, 0.6) is 0 Å². The Kier molecular flexibility index (Phi) is 6.56.